The van der Waals surface area contributed by atoms with Gasteiger partial charge in [0.15, 0.2) is 0 Å². The second-order valence-corrected chi connectivity index (χ2v) is 5.06. The molecule has 116 valence electrons. The Bertz CT molecular complexity index is 477. The Morgan fingerprint density at radius 3 is 2.81 bits per heavy atom. The van der Waals surface area contributed by atoms with Crippen LogP contribution in [0.2, 0.25) is 0 Å². The zero-order valence-corrected chi connectivity index (χ0v) is 12.3. The average Bonchev–Trinajstić information content (AvgIpc) is 2.95. The maximum atomic E-state index is 11.6. The molecule has 0 aromatic carbocycles. The van der Waals surface area contributed by atoms with Crippen LogP contribution in [0.1, 0.15) is 17.8 Å². The number of hydrogen-bond acceptors (Lipinski definition) is 6. The molecule has 0 aliphatic rings. The Labute approximate surface area is 125 Å². The van der Waals surface area contributed by atoms with Gasteiger partial charge < -0.3 is 20.5 Å². The molecule has 0 bridgehead atoms. The molecular formula is C12H17N3O5S. The molecule has 8 nitrogen and oxygen atoms in total. The van der Waals surface area contributed by atoms with Crippen molar-refractivity contribution in [1.82, 2.24) is 15.6 Å². The van der Waals surface area contributed by atoms with Gasteiger partial charge in [0.25, 0.3) is 0 Å². The quantitative estimate of drug-likeness (QED) is 0.597. The van der Waals surface area contributed by atoms with Crippen LogP contribution in [0.3, 0.4) is 0 Å². The molecule has 0 saturated carbocycles. The highest BCUT2D eigenvalue weighted by atomic mass is 32.1. The minimum Gasteiger partial charge on any atom is -0.480 e. The van der Waals surface area contributed by atoms with E-state index in [2.05, 4.69) is 20.4 Å². The fourth-order valence-corrected chi connectivity index (χ4v) is 2.11. The van der Waals surface area contributed by atoms with E-state index in [9.17, 15) is 14.4 Å². The summed E-state index contributed by atoms with van der Waals surface area (Å²) in [6.07, 6.45) is 2.15. The second kappa shape index (κ2) is 8.90. The molecule has 1 aromatic rings. The van der Waals surface area contributed by atoms with Gasteiger partial charge in [-0.1, -0.05) is 0 Å². The molecule has 0 aliphatic heterocycles. The maximum absolute atomic E-state index is 11.6. The first-order valence-corrected chi connectivity index (χ1v) is 7.13. The van der Waals surface area contributed by atoms with Crippen molar-refractivity contribution in [2.75, 3.05) is 13.7 Å². The number of ether oxygens (including phenoxy) is 1. The van der Waals surface area contributed by atoms with Crippen LogP contribution in [0.4, 0.5) is 4.79 Å². The van der Waals surface area contributed by atoms with E-state index in [1.165, 1.54) is 18.4 Å². The van der Waals surface area contributed by atoms with Gasteiger partial charge in [0, 0.05) is 31.0 Å². The first-order valence-electron chi connectivity index (χ1n) is 6.25. The predicted molar refractivity (Wildman–Crippen MR) is 75.0 cm³/mol. The monoisotopic (exact) mass is 315 g/mol. The molecule has 3 N–H and O–H groups in total. The fraction of sp³-hybridized carbons (Fsp3) is 0.500. The van der Waals surface area contributed by atoms with Crippen molar-refractivity contribution >= 4 is 29.3 Å². The molecule has 9 heteroatoms. The number of carbonyl (C=O) groups excluding carboxylic acids is 2. The summed E-state index contributed by atoms with van der Waals surface area (Å²) in [7, 11) is 1.22. The first kappa shape index (κ1) is 16.9. The zero-order chi connectivity index (χ0) is 15.7. The third-order valence-corrected chi connectivity index (χ3v) is 3.42. The molecule has 2 amide bonds. The highest BCUT2D eigenvalue weighted by Crippen LogP contribution is 2.03. The van der Waals surface area contributed by atoms with Crippen LogP contribution in [-0.4, -0.2) is 47.8 Å². The number of rotatable bonds is 8. The van der Waals surface area contributed by atoms with Crippen molar-refractivity contribution in [1.29, 1.82) is 0 Å². The molecular weight excluding hydrogens is 298 g/mol. The number of nitrogens with zero attached hydrogens (tertiary/aromatic N) is 1. The summed E-state index contributed by atoms with van der Waals surface area (Å²) in [6.45, 7) is 0.350. The lowest BCUT2D eigenvalue weighted by atomic mass is 10.1. The maximum Gasteiger partial charge on any atom is 0.326 e. The van der Waals surface area contributed by atoms with Gasteiger partial charge >= 0.3 is 18.0 Å². The normalized spacial score (nSPS) is 11.5. The van der Waals surface area contributed by atoms with Gasteiger partial charge in [-0.2, -0.15) is 0 Å². The van der Waals surface area contributed by atoms with Crippen molar-refractivity contribution in [2.45, 2.75) is 25.3 Å². The van der Waals surface area contributed by atoms with Crippen molar-refractivity contribution in [2.24, 2.45) is 0 Å². The molecule has 1 atom stereocenters. The average molecular weight is 315 g/mol. The Balaban J connectivity index is 2.31. The van der Waals surface area contributed by atoms with E-state index in [4.69, 9.17) is 5.11 Å². The number of hydrogen-bond donors (Lipinski definition) is 3. The summed E-state index contributed by atoms with van der Waals surface area (Å²) < 4.78 is 4.43. The molecule has 21 heavy (non-hydrogen) atoms. The number of aliphatic carboxylic acids is 1. The third kappa shape index (κ3) is 6.70. The number of thiazole rings is 1. The number of carboxylic acids is 1. The van der Waals surface area contributed by atoms with Crippen molar-refractivity contribution in [3.05, 3.63) is 16.6 Å². The molecule has 0 aliphatic carbocycles. The van der Waals surface area contributed by atoms with Crippen LogP contribution < -0.4 is 10.6 Å². The molecule has 0 saturated heterocycles. The highest BCUT2D eigenvalue weighted by Gasteiger charge is 2.21. The number of methoxy groups -OCH3 is 1. The van der Waals surface area contributed by atoms with E-state index in [0.29, 0.717) is 13.0 Å². The van der Waals surface area contributed by atoms with Gasteiger partial charge in [0.1, 0.15) is 6.04 Å². The molecule has 0 fully saturated rings. The van der Waals surface area contributed by atoms with E-state index in [-0.39, 0.29) is 12.8 Å². The summed E-state index contributed by atoms with van der Waals surface area (Å²) in [5, 5.41) is 16.5. The summed E-state index contributed by atoms with van der Waals surface area (Å²) in [5.74, 6) is -1.72. The van der Waals surface area contributed by atoms with Gasteiger partial charge in [-0.05, 0) is 6.42 Å². The summed E-state index contributed by atoms with van der Waals surface area (Å²) in [6, 6.07) is -1.73. The lowest BCUT2D eigenvalue weighted by molar-refractivity contribution is -0.142. The van der Waals surface area contributed by atoms with Crippen LogP contribution in [0.5, 0.6) is 0 Å². The van der Waals surface area contributed by atoms with E-state index < -0.39 is 24.0 Å². The van der Waals surface area contributed by atoms with E-state index >= 15 is 0 Å². The number of amides is 2. The Kier molecular flexibility index (Phi) is 7.16. The van der Waals surface area contributed by atoms with Crippen LogP contribution in [0.25, 0.3) is 0 Å². The lowest BCUT2D eigenvalue weighted by Gasteiger charge is -2.14. The van der Waals surface area contributed by atoms with Gasteiger partial charge in [0.2, 0.25) is 0 Å². The third-order valence-electron chi connectivity index (χ3n) is 2.58. The number of esters is 1. The number of aromatic nitrogens is 1. The zero-order valence-electron chi connectivity index (χ0n) is 11.5. The lowest BCUT2D eigenvalue weighted by Crippen LogP contribution is -2.46. The Morgan fingerprint density at radius 1 is 1.48 bits per heavy atom. The van der Waals surface area contributed by atoms with Crippen LogP contribution in [-0.2, 0) is 20.7 Å². The standard InChI is InChI=1S/C12H17N3O5S/c1-20-10(16)3-2-8(11(17)18)15-12(19)14-5-4-9-13-6-7-21-9/h6-8H,2-5H2,1H3,(H,17,18)(H2,14,15,19)/t8-/m1/s1. The van der Waals surface area contributed by atoms with Gasteiger partial charge in [-0.15, -0.1) is 11.3 Å². The van der Waals surface area contributed by atoms with Crippen molar-refractivity contribution in [3.8, 4) is 0 Å². The molecule has 1 heterocycles. The number of carbonyl (C=O) groups is 3. The fourth-order valence-electron chi connectivity index (χ4n) is 1.49. The minimum atomic E-state index is -1.20. The van der Waals surface area contributed by atoms with Gasteiger partial charge in [0.05, 0.1) is 12.1 Å². The number of carboxylic acid groups (broad SMARTS) is 1. The van der Waals surface area contributed by atoms with E-state index in [1.807, 2.05) is 5.38 Å². The Hall–Kier alpha value is -2.16. The second-order valence-electron chi connectivity index (χ2n) is 4.08. The van der Waals surface area contributed by atoms with Crippen LogP contribution in [0.15, 0.2) is 11.6 Å². The largest absolute Gasteiger partial charge is 0.480 e. The smallest absolute Gasteiger partial charge is 0.326 e. The SMILES string of the molecule is COC(=O)CC[C@@H](NC(=O)NCCc1nccs1)C(=O)O. The molecule has 1 aromatic heterocycles. The minimum absolute atomic E-state index is 0.0259. The van der Waals surface area contributed by atoms with E-state index in [1.54, 1.807) is 6.20 Å². The van der Waals surface area contributed by atoms with Crippen molar-refractivity contribution in [3.63, 3.8) is 0 Å². The first-order chi connectivity index (χ1) is 10.0. The summed E-state index contributed by atoms with van der Waals surface area (Å²) in [5.41, 5.74) is 0. The van der Waals surface area contributed by atoms with Crippen molar-refractivity contribution < 1.29 is 24.2 Å². The van der Waals surface area contributed by atoms with E-state index in [0.717, 1.165) is 5.01 Å². The number of urea groups is 1. The summed E-state index contributed by atoms with van der Waals surface area (Å²) >= 11 is 1.48. The molecule has 0 spiro atoms. The van der Waals surface area contributed by atoms with Crippen LogP contribution >= 0.6 is 11.3 Å². The molecule has 0 radical (unpaired) electrons. The highest BCUT2D eigenvalue weighted by molar-refractivity contribution is 7.09. The van der Waals surface area contributed by atoms with Gasteiger partial charge in [-0.25, -0.2) is 14.6 Å². The topological polar surface area (TPSA) is 118 Å². The molecule has 0 unspecified atom stereocenters. The van der Waals surface area contributed by atoms with Gasteiger partial charge in [-0.3, -0.25) is 4.79 Å². The predicted octanol–water partition coefficient (Wildman–Crippen LogP) is 0.391. The Morgan fingerprint density at radius 2 is 2.24 bits per heavy atom. The number of nitrogens with one attached hydrogen (secondary N) is 2. The summed E-state index contributed by atoms with van der Waals surface area (Å²) in [4.78, 5) is 37.6. The van der Waals surface area contributed by atoms with Crippen LogP contribution in [0, 0.1) is 0 Å². The molecule has 1 rings (SSSR count).